The van der Waals surface area contributed by atoms with Crippen LogP contribution < -0.4 is 4.73 Å². The fourth-order valence-electron chi connectivity index (χ4n) is 1.53. The van der Waals surface area contributed by atoms with E-state index in [1.54, 1.807) is 0 Å². The molecule has 0 fully saturated rings. The quantitative estimate of drug-likeness (QED) is 0.610. The van der Waals surface area contributed by atoms with Crippen LogP contribution in [-0.4, -0.2) is 14.4 Å². The smallest absolute Gasteiger partial charge is 0.208 e. The lowest BCUT2D eigenvalue weighted by Gasteiger charge is -2.06. The average molecular weight is 279 g/mol. The van der Waals surface area contributed by atoms with Crippen LogP contribution in [0.25, 0.3) is 0 Å². The van der Waals surface area contributed by atoms with E-state index in [1.165, 1.54) is 18.3 Å². The molecule has 0 aliphatic carbocycles. The summed E-state index contributed by atoms with van der Waals surface area (Å²) in [6, 6.07) is 12.0. The van der Waals surface area contributed by atoms with E-state index in [0.29, 0.717) is 4.73 Å². The van der Waals surface area contributed by atoms with E-state index in [-0.39, 0.29) is 11.5 Å². The zero-order valence-electron chi connectivity index (χ0n) is 10.1. The first kappa shape index (κ1) is 13.5. The molecule has 0 N–H and O–H groups in total. The molecule has 0 radical (unpaired) electrons. The summed E-state index contributed by atoms with van der Waals surface area (Å²) >= 11 is 0. The van der Waals surface area contributed by atoms with Crippen LogP contribution in [0.4, 0.5) is 0 Å². The number of hydrogen-bond acceptors (Lipinski definition) is 4. The van der Waals surface area contributed by atoms with E-state index in [2.05, 4.69) is 0 Å². The molecule has 0 amide bonds. The molecule has 2 aromatic rings. The molecule has 0 aliphatic rings. The van der Waals surface area contributed by atoms with Crippen LogP contribution >= 0.6 is 0 Å². The molecule has 0 spiro atoms. The third-order valence-electron chi connectivity index (χ3n) is 2.46. The van der Waals surface area contributed by atoms with Crippen LogP contribution in [0.15, 0.2) is 59.8 Å². The second-order valence-electron chi connectivity index (χ2n) is 3.97. The maximum Gasteiger partial charge on any atom is 0.208 e. The number of benzene rings is 1. The number of rotatable bonds is 5. The Hall–Kier alpha value is -1.92. The molecule has 1 aromatic carbocycles. The molecule has 0 aliphatic heterocycles. The summed E-state index contributed by atoms with van der Waals surface area (Å²) in [4.78, 5) is -0.0435. The van der Waals surface area contributed by atoms with Crippen LogP contribution in [0.1, 0.15) is 5.56 Å². The molecule has 100 valence electrons. The molecule has 1 aromatic heterocycles. The fraction of sp³-hybridized carbons (Fsp3) is 0.154. The minimum atomic E-state index is -3.60. The maximum absolute atomic E-state index is 11.9. The zero-order chi connectivity index (χ0) is 13.7. The van der Waals surface area contributed by atoms with Crippen LogP contribution in [0.5, 0.6) is 0 Å². The number of pyridine rings is 1. The number of sulfone groups is 1. The first-order valence-electron chi connectivity index (χ1n) is 5.61. The van der Waals surface area contributed by atoms with E-state index in [1.807, 2.05) is 30.3 Å². The van der Waals surface area contributed by atoms with E-state index in [9.17, 15) is 13.6 Å². The van der Waals surface area contributed by atoms with Gasteiger partial charge in [-0.25, -0.2) is 8.42 Å². The van der Waals surface area contributed by atoms with Gasteiger partial charge in [0.2, 0.25) is 9.84 Å². The fourth-order valence-corrected chi connectivity index (χ4v) is 2.52. The predicted molar refractivity (Wildman–Crippen MR) is 68.7 cm³/mol. The lowest BCUT2D eigenvalue weighted by molar-refractivity contribution is -0.607. The standard InChI is InChI=1S/C13H13NO4S/c15-14-8-4-7-13(9-14)19(16,17)11-18-10-12-5-2-1-3-6-12/h1-9H,10-11H2. The Kier molecular flexibility index (Phi) is 4.13. The largest absolute Gasteiger partial charge is 0.619 e. The highest BCUT2D eigenvalue weighted by Crippen LogP contribution is 2.09. The second-order valence-corrected chi connectivity index (χ2v) is 5.90. The van der Waals surface area contributed by atoms with Crippen molar-refractivity contribution in [2.45, 2.75) is 11.5 Å². The van der Waals surface area contributed by atoms with Gasteiger partial charge in [0.05, 0.1) is 6.61 Å². The predicted octanol–water partition coefficient (Wildman–Crippen LogP) is 1.27. The summed E-state index contributed by atoms with van der Waals surface area (Å²) in [5.41, 5.74) is 0.893. The van der Waals surface area contributed by atoms with Crippen molar-refractivity contribution in [3.63, 3.8) is 0 Å². The minimum absolute atomic E-state index is 0.0435. The van der Waals surface area contributed by atoms with Gasteiger partial charge in [0.25, 0.3) is 0 Å². The summed E-state index contributed by atoms with van der Waals surface area (Å²) in [6.07, 6.45) is 2.24. The van der Waals surface area contributed by atoms with Gasteiger partial charge in [0, 0.05) is 6.07 Å². The Morgan fingerprint density at radius 1 is 1.11 bits per heavy atom. The van der Waals surface area contributed by atoms with Crippen molar-refractivity contribution in [1.82, 2.24) is 0 Å². The first-order chi connectivity index (χ1) is 9.08. The Labute approximate surface area is 111 Å². The van der Waals surface area contributed by atoms with Crippen molar-refractivity contribution < 1.29 is 17.9 Å². The van der Waals surface area contributed by atoms with E-state index in [0.717, 1.165) is 11.8 Å². The van der Waals surface area contributed by atoms with Crippen LogP contribution in [0, 0.1) is 5.21 Å². The topological polar surface area (TPSA) is 70.3 Å². The van der Waals surface area contributed by atoms with Gasteiger partial charge in [0.1, 0.15) is 4.90 Å². The van der Waals surface area contributed by atoms with Crippen molar-refractivity contribution in [3.05, 3.63) is 65.6 Å². The van der Waals surface area contributed by atoms with Crippen LogP contribution in [0.3, 0.4) is 0 Å². The Morgan fingerprint density at radius 2 is 1.84 bits per heavy atom. The van der Waals surface area contributed by atoms with Gasteiger partial charge in [-0.1, -0.05) is 30.3 Å². The van der Waals surface area contributed by atoms with Crippen LogP contribution in [-0.2, 0) is 21.2 Å². The van der Waals surface area contributed by atoms with Crippen molar-refractivity contribution in [2.24, 2.45) is 0 Å². The van der Waals surface area contributed by atoms with E-state index >= 15 is 0 Å². The Bertz CT molecular complexity index is 641. The Morgan fingerprint density at radius 3 is 2.53 bits per heavy atom. The molecular weight excluding hydrogens is 266 g/mol. The lowest BCUT2D eigenvalue weighted by Crippen LogP contribution is -2.26. The number of ether oxygens (including phenoxy) is 1. The highest BCUT2D eigenvalue weighted by molar-refractivity contribution is 7.91. The third-order valence-corrected chi connectivity index (χ3v) is 3.89. The van der Waals surface area contributed by atoms with Crippen LogP contribution in [0.2, 0.25) is 0 Å². The summed E-state index contributed by atoms with van der Waals surface area (Å²) in [7, 11) is -3.60. The summed E-state index contributed by atoms with van der Waals surface area (Å²) in [5, 5.41) is 11.0. The monoisotopic (exact) mass is 279 g/mol. The first-order valence-corrected chi connectivity index (χ1v) is 7.26. The molecule has 19 heavy (non-hydrogen) atoms. The molecule has 0 saturated heterocycles. The number of aromatic nitrogens is 1. The summed E-state index contributed by atoms with van der Waals surface area (Å²) in [6.45, 7) is 0.213. The molecule has 0 saturated carbocycles. The molecular formula is C13H13NO4S. The number of nitrogens with zero attached hydrogens (tertiary/aromatic N) is 1. The van der Waals surface area contributed by atoms with Gasteiger partial charge in [-0.05, 0) is 11.6 Å². The molecule has 6 heteroatoms. The summed E-state index contributed by atoms with van der Waals surface area (Å²) in [5.74, 6) is -0.452. The zero-order valence-corrected chi connectivity index (χ0v) is 10.9. The molecule has 0 atom stereocenters. The van der Waals surface area contributed by atoms with E-state index < -0.39 is 15.8 Å². The van der Waals surface area contributed by atoms with Gasteiger partial charge in [-0.15, -0.1) is 0 Å². The van der Waals surface area contributed by atoms with Gasteiger partial charge in [0.15, 0.2) is 18.3 Å². The average Bonchev–Trinajstić information content (AvgIpc) is 2.40. The van der Waals surface area contributed by atoms with Gasteiger partial charge in [-0.3, -0.25) is 0 Å². The molecule has 2 rings (SSSR count). The second kappa shape index (κ2) is 5.81. The Balaban J connectivity index is 1.99. The molecule has 0 bridgehead atoms. The third kappa shape index (κ3) is 3.77. The summed E-state index contributed by atoms with van der Waals surface area (Å²) < 4.78 is 29.4. The molecule has 0 unspecified atom stereocenters. The van der Waals surface area contributed by atoms with E-state index in [4.69, 9.17) is 4.74 Å². The molecule has 1 heterocycles. The normalized spacial score (nSPS) is 11.4. The minimum Gasteiger partial charge on any atom is -0.619 e. The van der Waals surface area contributed by atoms with Gasteiger partial charge >= 0.3 is 0 Å². The van der Waals surface area contributed by atoms with Crippen molar-refractivity contribution in [2.75, 3.05) is 5.94 Å². The highest BCUT2D eigenvalue weighted by atomic mass is 32.2. The SMILES string of the molecule is O=S(=O)(COCc1ccccc1)c1ccc[n+]([O-])c1. The van der Waals surface area contributed by atoms with Crippen molar-refractivity contribution in [3.8, 4) is 0 Å². The number of hydrogen-bond donors (Lipinski definition) is 0. The maximum atomic E-state index is 11.9. The van der Waals surface area contributed by atoms with Crippen molar-refractivity contribution in [1.29, 1.82) is 0 Å². The van der Waals surface area contributed by atoms with Crippen molar-refractivity contribution >= 4 is 9.84 Å². The van der Waals surface area contributed by atoms with Gasteiger partial charge in [-0.2, -0.15) is 4.73 Å². The van der Waals surface area contributed by atoms with Gasteiger partial charge < -0.3 is 9.94 Å². The lowest BCUT2D eigenvalue weighted by atomic mass is 10.2. The molecule has 5 nitrogen and oxygen atoms in total. The highest BCUT2D eigenvalue weighted by Gasteiger charge is 2.17.